The molecule has 3 N–H and O–H groups in total. The molecule has 1 aliphatic heterocycles. The van der Waals surface area contributed by atoms with Crippen LogP contribution in [0.5, 0.6) is 0 Å². The van der Waals surface area contributed by atoms with Crippen LogP contribution >= 0.6 is 0 Å². The van der Waals surface area contributed by atoms with Gasteiger partial charge in [-0.3, -0.25) is 19.2 Å². The van der Waals surface area contributed by atoms with E-state index in [4.69, 9.17) is 5.73 Å². The van der Waals surface area contributed by atoms with Gasteiger partial charge >= 0.3 is 0 Å². The molecular weight excluding hydrogens is 322 g/mol. The maximum Gasteiger partial charge on any atom is 0.289 e. The summed E-state index contributed by atoms with van der Waals surface area (Å²) in [5, 5.41) is 2.54. The number of benzene rings is 1. The summed E-state index contributed by atoms with van der Waals surface area (Å²) in [6.07, 6.45) is 1.26. The summed E-state index contributed by atoms with van der Waals surface area (Å²) in [5.41, 5.74) is 6.19. The molecule has 1 fully saturated rings. The molecule has 0 bridgehead atoms. The Hall–Kier alpha value is -2.70. The van der Waals surface area contributed by atoms with Gasteiger partial charge in [-0.2, -0.15) is 0 Å². The molecule has 0 aliphatic carbocycles. The first-order valence-electron chi connectivity index (χ1n) is 8.42. The zero-order valence-corrected chi connectivity index (χ0v) is 14.2. The molecule has 134 valence electrons. The summed E-state index contributed by atoms with van der Waals surface area (Å²) in [6, 6.07) is 7.18. The van der Waals surface area contributed by atoms with Gasteiger partial charge < -0.3 is 16.0 Å². The van der Waals surface area contributed by atoms with Crippen molar-refractivity contribution >= 4 is 23.5 Å². The molecule has 1 aromatic rings. The lowest BCUT2D eigenvalue weighted by Crippen LogP contribution is -2.55. The van der Waals surface area contributed by atoms with E-state index in [-0.39, 0.29) is 25.2 Å². The van der Waals surface area contributed by atoms with E-state index in [0.29, 0.717) is 13.0 Å². The molecule has 1 heterocycles. The zero-order chi connectivity index (χ0) is 18.4. The molecule has 1 aliphatic rings. The predicted molar refractivity (Wildman–Crippen MR) is 91.3 cm³/mol. The van der Waals surface area contributed by atoms with E-state index < -0.39 is 29.7 Å². The van der Waals surface area contributed by atoms with Crippen LogP contribution in [-0.4, -0.2) is 47.0 Å². The van der Waals surface area contributed by atoms with E-state index in [0.717, 1.165) is 5.56 Å². The van der Waals surface area contributed by atoms with Crippen molar-refractivity contribution in [2.75, 3.05) is 6.54 Å². The molecule has 25 heavy (non-hydrogen) atoms. The fraction of sp³-hybridized carbons (Fsp3) is 0.444. The Kier molecular flexibility index (Phi) is 6.27. The van der Waals surface area contributed by atoms with Crippen molar-refractivity contribution in [3.63, 3.8) is 0 Å². The van der Waals surface area contributed by atoms with E-state index in [1.807, 2.05) is 37.3 Å². The third kappa shape index (κ3) is 4.43. The number of nitrogens with one attached hydrogen (secondary N) is 1. The first kappa shape index (κ1) is 18.6. The number of hydrogen-bond donors (Lipinski definition) is 2. The highest BCUT2D eigenvalue weighted by atomic mass is 16.2. The van der Waals surface area contributed by atoms with E-state index >= 15 is 0 Å². The van der Waals surface area contributed by atoms with Gasteiger partial charge in [0.15, 0.2) is 0 Å². The maximum absolute atomic E-state index is 12.7. The van der Waals surface area contributed by atoms with Gasteiger partial charge in [0.1, 0.15) is 12.1 Å². The van der Waals surface area contributed by atoms with Crippen LogP contribution in [-0.2, 0) is 25.6 Å². The van der Waals surface area contributed by atoms with Crippen LogP contribution in [0, 0.1) is 0 Å². The smallest absolute Gasteiger partial charge is 0.289 e. The quantitative estimate of drug-likeness (QED) is 0.654. The lowest BCUT2D eigenvalue weighted by molar-refractivity contribution is -0.146. The zero-order valence-electron chi connectivity index (χ0n) is 14.2. The van der Waals surface area contributed by atoms with Crippen LogP contribution in [0.2, 0.25) is 0 Å². The van der Waals surface area contributed by atoms with Crippen molar-refractivity contribution in [3.8, 4) is 0 Å². The summed E-state index contributed by atoms with van der Waals surface area (Å²) < 4.78 is 0. The molecule has 0 radical (unpaired) electrons. The number of Topliss-reactive ketones (excluding diaryl/α,β-unsaturated/α-hetero) is 1. The first-order valence-corrected chi connectivity index (χ1v) is 8.42. The Bertz CT molecular complexity index is 660. The van der Waals surface area contributed by atoms with Gasteiger partial charge in [0.05, 0.1) is 0 Å². The Morgan fingerprint density at radius 1 is 1.28 bits per heavy atom. The minimum absolute atomic E-state index is 0.142. The number of carbonyl (C=O) groups is 4. The van der Waals surface area contributed by atoms with Crippen molar-refractivity contribution in [2.24, 2.45) is 5.73 Å². The average Bonchev–Trinajstić information content (AvgIpc) is 2.99. The molecule has 2 unspecified atom stereocenters. The number of hydrogen-bond acceptors (Lipinski definition) is 4. The third-order valence-electron chi connectivity index (χ3n) is 4.25. The van der Waals surface area contributed by atoms with Gasteiger partial charge in [-0.1, -0.05) is 37.3 Å². The third-order valence-corrected chi connectivity index (χ3v) is 4.25. The predicted octanol–water partition coefficient (Wildman–Crippen LogP) is 0.169. The Morgan fingerprint density at radius 2 is 1.96 bits per heavy atom. The molecule has 7 nitrogen and oxygen atoms in total. The highest BCUT2D eigenvalue weighted by Gasteiger charge is 2.43. The molecular formula is C18H23N3O4. The maximum atomic E-state index is 12.7. The van der Waals surface area contributed by atoms with Gasteiger partial charge in [0.2, 0.25) is 17.6 Å². The first-order chi connectivity index (χ1) is 12.0. The minimum atomic E-state index is -1.04. The average molecular weight is 345 g/mol. The number of amides is 3. The van der Waals surface area contributed by atoms with Gasteiger partial charge in [-0.25, -0.2) is 0 Å². The Morgan fingerprint density at radius 3 is 2.56 bits per heavy atom. The molecule has 7 heteroatoms. The Balaban J connectivity index is 2.30. The minimum Gasteiger partial charge on any atom is -0.368 e. The van der Waals surface area contributed by atoms with Crippen LogP contribution in [0.4, 0.5) is 0 Å². The number of nitrogens with zero attached hydrogens (tertiary/aromatic N) is 1. The summed E-state index contributed by atoms with van der Waals surface area (Å²) >= 11 is 0. The van der Waals surface area contributed by atoms with E-state index in [9.17, 15) is 19.2 Å². The van der Waals surface area contributed by atoms with Crippen molar-refractivity contribution in [3.05, 3.63) is 35.9 Å². The fourth-order valence-corrected chi connectivity index (χ4v) is 3.00. The number of rotatable bonds is 8. The molecule has 1 saturated heterocycles. The van der Waals surface area contributed by atoms with Crippen LogP contribution in [0.1, 0.15) is 31.7 Å². The van der Waals surface area contributed by atoms with Crippen LogP contribution in [0.3, 0.4) is 0 Å². The summed E-state index contributed by atoms with van der Waals surface area (Å²) in [6.45, 7) is 2.25. The number of carbonyl (C=O) groups excluding carboxylic acids is 4. The highest BCUT2D eigenvalue weighted by Crippen LogP contribution is 2.24. The summed E-state index contributed by atoms with van der Waals surface area (Å²) in [5.74, 6) is -2.46. The largest absolute Gasteiger partial charge is 0.368 e. The lowest BCUT2D eigenvalue weighted by Gasteiger charge is -2.30. The van der Waals surface area contributed by atoms with Crippen molar-refractivity contribution < 1.29 is 19.2 Å². The SMILES string of the molecule is CCCNC(=O)C(=O)C(Cc1ccccc1)N1C(=O)CCC1C(N)=O. The van der Waals surface area contributed by atoms with Crippen molar-refractivity contribution in [1.82, 2.24) is 10.2 Å². The second-order valence-corrected chi connectivity index (χ2v) is 6.08. The number of ketones is 1. The molecule has 0 aromatic heterocycles. The van der Waals surface area contributed by atoms with Crippen LogP contribution in [0.15, 0.2) is 30.3 Å². The van der Waals surface area contributed by atoms with E-state index in [1.165, 1.54) is 4.90 Å². The molecule has 2 atom stereocenters. The topological polar surface area (TPSA) is 110 Å². The Labute approximate surface area is 146 Å². The highest BCUT2D eigenvalue weighted by molar-refractivity contribution is 6.38. The molecule has 1 aromatic carbocycles. The second-order valence-electron chi connectivity index (χ2n) is 6.08. The lowest BCUT2D eigenvalue weighted by atomic mass is 9.99. The summed E-state index contributed by atoms with van der Waals surface area (Å²) in [4.78, 5) is 50.0. The normalized spacial score (nSPS) is 18.0. The standard InChI is InChI=1S/C18H23N3O4/c1-2-10-20-18(25)16(23)14(11-12-6-4-3-5-7-12)21-13(17(19)24)8-9-15(21)22/h3-7,13-14H,2,8-11H2,1H3,(H2,19,24)(H,20,25). The van der Waals surface area contributed by atoms with Crippen molar-refractivity contribution in [1.29, 1.82) is 0 Å². The number of likely N-dealkylation sites (tertiary alicyclic amines) is 1. The van der Waals surface area contributed by atoms with Gasteiger partial charge in [-0.05, 0) is 18.4 Å². The number of primary amides is 1. The number of nitrogens with two attached hydrogens (primary N) is 1. The second kappa shape index (κ2) is 8.41. The van der Waals surface area contributed by atoms with Gasteiger partial charge in [0, 0.05) is 19.4 Å². The van der Waals surface area contributed by atoms with E-state index in [1.54, 1.807) is 0 Å². The summed E-state index contributed by atoms with van der Waals surface area (Å²) in [7, 11) is 0. The van der Waals surface area contributed by atoms with Crippen LogP contribution < -0.4 is 11.1 Å². The van der Waals surface area contributed by atoms with E-state index in [2.05, 4.69) is 5.32 Å². The fourth-order valence-electron chi connectivity index (χ4n) is 3.00. The van der Waals surface area contributed by atoms with Gasteiger partial charge in [-0.15, -0.1) is 0 Å². The van der Waals surface area contributed by atoms with Crippen LogP contribution in [0.25, 0.3) is 0 Å². The van der Waals surface area contributed by atoms with Crippen molar-refractivity contribution in [2.45, 2.75) is 44.7 Å². The monoisotopic (exact) mass is 345 g/mol. The molecule has 2 rings (SSSR count). The molecule has 3 amide bonds. The molecule has 0 spiro atoms. The molecule has 0 saturated carbocycles. The van der Waals surface area contributed by atoms with Gasteiger partial charge in [0.25, 0.3) is 5.91 Å².